The summed E-state index contributed by atoms with van der Waals surface area (Å²) in [5.74, 6) is -0.276. The summed E-state index contributed by atoms with van der Waals surface area (Å²) in [6, 6.07) is 0. The minimum absolute atomic E-state index is 0.176. The maximum atomic E-state index is 11.9. The van der Waals surface area contributed by atoms with Gasteiger partial charge in [-0.2, -0.15) is 0 Å². The summed E-state index contributed by atoms with van der Waals surface area (Å²) in [4.78, 5) is 11.9. The van der Waals surface area contributed by atoms with Crippen LogP contribution < -0.4 is 0 Å². The number of rotatable bonds is 12. The zero-order chi connectivity index (χ0) is 20.2. The Morgan fingerprint density at radius 1 is 1.00 bits per heavy atom. The van der Waals surface area contributed by atoms with Crippen LogP contribution in [0.4, 0.5) is 0 Å². The molecule has 1 N–H and O–H groups in total. The second-order valence-corrected chi connectivity index (χ2v) is 7.97. The van der Waals surface area contributed by atoms with Gasteiger partial charge in [0.2, 0.25) is 0 Å². The SMILES string of the molecule is CCC(O)[N+](C)(C)CC(=O)OCC=C(C)CCC=C(C)CCC=C(C)C. The molecule has 150 valence electrons. The topological polar surface area (TPSA) is 46.5 Å². The van der Waals surface area contributed by atoms with Crippen molar-refractivity contribution < 1.29 is 19.1 Å². The first kappa shape index (κ1) is 24.6. The van der Waals surface area contributed by atoms with Crippen molar-refractivity contribution in [3.8, 4) is 0 Å². The van der Waals surface area contributed by atoms with Crippen LogP contribution >= 0.6 is 0 Å². The number of allylic oxidation sites excluding steroid dienone is 5. The molecule has 0 aromatic heterocycles. The van der Waals surface area contributed by atoms with E-state index in [1.54, 1.807) is 0 Å². The highest BCUT2D eigenvalue weighted by molar-refractivity contribution is 5.70. The van der Waals surface area contributed by atoms with Gasteiger partial charge in [0.15, 0.2) is 12.8 Å². The van der Waals surface area contributed by atoms with Gasteiger partial charge in [0.05, 0.1) is 14.1 Å². The molecule has 1 unspecified atom stereocenters. The van der Waals surface area contributed by atoms with Gasteiger partial charge in [-0.15, -0.1) is 0 Å². The zero-order valence-electron chi connectivity index (χ0n) is 18.0. The zero-order valence-corrected chi connectivity index (χ0v) is 18.0. The van der Waals surface area contributed by atoms with Gasteiger partial charge >= 0.3 is 5.97 Å². The smallest absolute Gasteiger partial charge is 0.362 e. The van der Waals surface area contributed by atoms with Gasteiger partial charge in [0.25, 0.3) is 0 Å². The minimum atomic E-state index is -0.549. The monoisotopic (exact) mass is 366 g/mol. The van der Waals surface area contributed by atoms with Crippen molar-refractivity contribution in [2.75, 3.05) is 27.2 Å². The molecule has 0 aliphatic heterocycles. The molecule has 0 aliphatic carbocycles. The van der Waals surface area contributed by atoms with E-state index >= 15 is 0 Å². The molecule has 0 amide bonds. The minimum Gasteiger partial charge on any atom is -0.457 e. The summed E-state index contributed by atoms with van der Waals surface area (Å²) in [7, 11) is 3.67. The van der Waals surface area contributed by atoms with Crippen LogP contribution in [0.5, 0.6) is 0 Å². The van der Waals surface area contributed by atoms with Crippen molar-refractivity contribution in [3.05, 3.63) is 34.9 Å². The summed E-state index contributed by atoms with van der Waals surface area (Å²) in [5.41, 5.74) is 4.03. The number of ether oxygens (including phenoxy) is 1. The molecule has 0 rings (SSSR count). The molecular formula is C22H40NO3+. The van der Waals surface area contributed by atoms with Crippen LogP contribution in [0.2, 0.25) is 0 Å². The highest BCUT2D eigenvalue weighted by Crippen LogP contribution is 2.12. The third-order valence-electron chi connectivity index (χ3n) is 4.51. The summed E-state index contributed by atoms with van der Waals surface area (Å²) in [6.07, 6.45) is 10.8. The third kappa shape index (κ3) is 12.0. The normalized spacial score (nSPS) is 14.2. The highest BCUT2D eigenvalue weighted by atomic mass is 16.5. The third-order valence-corrected chi connectivity index (χ3v) is 4.51. The van der Waals surface area contributed by atoms with E-state index < -0.39 is 6.23 Å². The first-order valence-corrected chi connectivity index (χ1v) is 9.69. The maximum Gasteiger partial charge on any atom is 0.362 e. The fourth-order valence-electron chi connectivity index (χ4n) is 2.59. The van der Waals surface area contributed by atoms with Crippen LogP contribution in [0.1, 0.15) is 66.7 Å². The Kier molecular flexibility index (Phi) is 12.2. The van der Waals surface area contributed by atoms with Gasteiger partial charge in [-0.05, 0) is 59.5 Å². The first-order valence-electron chi connectivity index (χ1n) is 9.69. The van der Waals surface area contributed by atoms with Crippen molar-refractivity contribution in [1.82, 2.24) is 0 Å². The predicted octanol–water partition coefficient (Wildman–Crippen LogP) is 4.75. The maximum absolute atomic E-state index is 11.9. The molecule has 1 atom stereocenters. The molecule has 26 heavy (non-hydrogen) atoms. The Labute approximate surface area is 160 Å². The summed E-state index contributed by atoms with van der Waals surface area (Å²) in [6.45, 7) is 10.9. The van der Waals surface area contributed by atoms with Crippen LogP contribution in [0.25, 0.3) is 0 Å². The Balaban J connectivity index is 4.14. The Morgan fingerprint density at radius 2 is 1.54 bits per heavy atom. The number of aliphatic hydroxyl groups is 1. The molecule has 0 bridgehead atoms. The lowest BCUT2D eigenvalue weighted by molar-refractivity contribution is -0.930. The van der Waals surface area contributed by atoms with Crippen molar-refractivity contribution in [2.24, 2.45) is 0 Å². The average Bonchev–Trinajstić information content (AvgIpc) is 2.53. The van der Waals surface area contributed by atoms with E-state index in [2.05, 4.69) is 39.8 Å². The van der Waals surface area contributed by atoms with Crippen LogP contribution in [-0.2, 0) is 9.53 Å². The van der Waals surface area contributed by atoms with Gasteiger partial charge in [0, 0.05) is 6.42 Å². The Bertz CT molecular complexity index is 511. The second kappa shape index (κ2) is 12.9. The quantitative estimate of drug-likeness (QED) is 0.235. The van der Waals surface area contributed by atoms with E-state index in [0.29, 0.717) is 13.0 Å². The lowest BCUT2D eigenvalue weighted by atomic mass is 10.1. The largest absolute Gasteiger partial charge is 0.457 e. The molecule has 0 spiro atoms. The lowest BCUT2D eigenvalue weighted by Gasteiger charge is -2.32. The number of esters is 1. The van der Waals surface area contributed by atoms with E-state index in [1.807, 2.05) is 27.1 Å². The van der Waals surface area contributed by atoms with Gasteiger partial charge in [0.1, 0.15) is 6.61 Å². The summed E-state index contributed by atoms with van der Waals surface area (Å²) < 4.78 is 5.51. The Morgan fingerprint density at radius 3 is 2.08 bits per heavy atom. The fourth-order valence-corrected chi connectivity index (χ4v) is 2.59. The number of nitrogens with zero attached hydrogens (tertiary/aromatic N) is 1. The number of aliphatic hydroxyl groups excluding tert-OH is 1. The van der Waals surface area contributed by atoms with E-state index in [-0.39, 0.29) is 17.0 Å². The summed E-state index contributed by atoms with van der Waals surface area (Å²) in [5, 5.41) is 9.92. The second-order valence-electron chi connectivity index (χ2n) is 7.97. The molecular weight excluding hydrogens is 326 g/mol. The van der Waals surface area contributed by atoms with E-state index in [4.69, 9.17) is 4.74 Å². The highest BCUT2D eigenvalue weighted by Gasteiger charge is 2.28. The number of hydrogen-bond acceptors (Lipinski definition) is 3. The number of hydrogen-bond donors (Lipinski definition) is 1. The molecule has 0 radical (unpaired) electrons. The Hall–Kier alpha value is -1.39. The van der Waals surface area contributed by atoms with E-state index in [1.165, 1.54) is 16.7 Å². The fraction of sp³-hybridized carbons (Fsp3) is 0.682. The molecule has 0 saturated carbocycles. The van der Waals surface area contributed by atoms with Crippen molar-refractivity contribution >= 4 is 5.97 Å². The molecule has 4 nitrogen and oxygen atoms in total. The lowest BCUT2D eigenvalue weighted by Crippen LogP contribution is -2.51. The number of carbonyl (C=O) groups is 1. The van der Waals surface area contributed by atoms with Crippen LogP contribution in [0.3, 0.4) is 0 Å². The standard InChI is InChI=1S/C22H40NO3/c1-8-21(24)23(6,7)17-22(25)26-16-15-20(5)14-10-13-19(4)12-9-11-18(2)3/h11,13,15,21,24H,8-10,12,14,16-17H2,1-7H3/q+1. The van der Waals surface area contributed by atoms with Gasteiger partial charge in [-0.1, -0.05) is 35.8 Å². The molecule has 4 heteroatoms. The van der Waals surface area contributed by atoms with Gasteiger partial charge in [-0.3, -0.25) is 4.48 Å². The van der Waals surface area contributed by atoms with Crippen LogP contribution in [0.15, 0.2) is 34.9 Å². The van der Waals surface area contributed by atoms with Crippen LogP contribution in [-0.4, -0.2) is 49.0 Å². The van der Waals surface area contributed by atoms with E-state index in [0.717, 1.165) is 25.7 Å². The predicted molar refractivity (Wildman–Crippen MR) is 110 cm³/mol. The molecule has 0 fully saturated rings. The number of carbonyl (C=O) groups excluding carboxylic acids is 1. The molecule has 0 heterocycles. The molecule has 0 aliphatic rings. The van der Waals surface area contributed by atoms with Crippen molar-refractivity contribution in [3.63, 3.8) is 0 Å². The van der Waals surface area contributed by atoms with Crippen LogP contribution in [0, 0.1) is 0 Å². The number of quaternary nitrogens is 1. The average molecular weight is 367 g/mol. The van der Waals surface area contributed by atoms with Gasteiger partial charge < -0.3 is 9.84 Å². The van der Waals surface area contributed by atoms with Gasteiger partial charge in [-0.25, -0.2) is 4.79 Å². The van der Waals surface area contributed by atoms with Crippen molar-refractivity contribution in [2.45, 2.75) is 73.0 Å². The first-order chi connectivity index (χ1) is 12.1. The number of likely N-dealkylation sites (N-methyl/N-ethyl adjacent to an activating group) is 1. The van der Waals surface area contributed by atoms with Crippen molar-refractivity contribution in [1.29, 1.82) is 0 Å². The molecule has 0 aromatic rings. The molecule has 0 saturated heterocycles. The molecule has 0 aromatic carbocycles. The summed E-state index contributed by atoms with van der Waals surface area (Å²) >= 11 is 0. The van der Waals surface area contributed by atoms with E-state index in [9.17, 15) is 9.90 Å².